The summed E-state index contributed by atoms with van der Waals surface area (Å²) >= 11 is 0. The second-order valence-corrected chi connectivity index (χ2v) is 9.37. The number of hydrogen-bond donors (Lipinski definition) is 1. The highest BCUT2D eigenvalue weighted by Gasteiger charge is 2.30. The van der Waals surface area contributed by atoms with E-state index in [1.807, 2.05) is 4.90 Å². The van der Waals surface area contributed by atoms with Gasteiger partial charge in [-0.25, -0.2) is 4.79 Å². The molecule has 5 rings (SSSR count). The van der Waals surface area contributed by atoms with E-state index in [9.17, 15) is 27.6 Å². The van der Waals surface area contributed by atoms with E-state index in [4.69, 9.17) is 4.74 Å². The first-order valence-electron chi connectivity index (χ1n) is 12.2. The van der Waals surface area contributed by atoms with Crippen molar-refractivity contribution < 1.29 is 22.7 Å². The molecular formula is C27H26F3N5O4. The van der Waals surface area contributed by atoms with Gasteiger partial charge in [0.2, 0.25) is 0 Å². The van der Waals surface area contributed by atoms with Crippen molar-refractivity contribution in [2.45, 2.75) is 6.18 Å². The van der Waals surface area contributed by atoms with E-state index in [0.29, 0.717) is 54.3 Å². The number of nitrogens with zero attached hydrogens (tertiary/aromatic N) is 4. The van der Waals surface area contributed by atoms with Gasteiger partial charge in [0.25, 0.3) is 11.5 Å². The number of amides is 1. The van der Waals surface area contributed by atoms with Gasteiger partial charge in [-0.2, -0.15) is 13.2 Å². The molecule has 0 bridgehead atoms. The molecule has 0 saturated carbocycles. The van der Waals surface area contributed by atoms with E-state index >= 15 is 0 Å². The Morgan fingerprint density at radius 3 is 2.18 bits per heavy atom. The van der Waals surface area contributed by atoms with E-state index in [2.05, 4.69) is 4.98 Å². The minimum Gasteiger partial charge on any atom is -0.484 e. The average Bonchev–Trinajstić information content (AvgIpc) is 3.39. The quantitative estimate of drug-likeness (QED) is 0.420. The molecule has 0 radical (unpaired) electrons. The number of aromatic amines is 1. The minimum atomic E-state index is -4.37. The van der Waals surface area contributed by atoms with Crippen LogP contribution in [0.25, 0.3) is 22.3 Å². The van der Waals surface area contributed by atoms with Crippen LogP contribution in [-0.4, -0.2) is 57.7 Å². The van der Waals surface area contributed by atoms with E-state index in [1.54, 1.807) is 42.3 Å². The van der Waals surface area contributed by atoms with Crippen LogP contribution in [0.2, 0.25) is 0 Å². The highest BCUT2D eigenvalue weighted by molar-refractivity contribution is 5.82. The first-order valence-corrected chi connectivity index (χ1v) is 12.2. The maximum Gasteiger partial charge on any atom is 0.416 e. The molecule has 2 aromatic carbocycles. The molecule has 4 aromatic rings. The van der Waals surface area contributed by atoms with Gasteiger partial charge in [0, 0.05) is 51.7 Å². The van der Waals surface area contributed by atoms with Crippen LogP contribution in [0.3, 0.4) is 0 Å². The molecule has 9 nitrogen and oxygen atoms in total. The number of halogens is 3. The summed E-state index contributed by atoms with van der Waals surface area (Å²) in [5.74, 6) is 0.313. The predicted octanol–water partition coefficient (Wildman–Crippen LogP) is 2.98. The number of hydrogen-bond acceptors (Lipinski definition) is 5. The minimum absolute atomic E-state index is 0.149. The maximum atomic E-state index is 12.8. The molecule has 2 aromatic heterocycles. The standard InChI is InChI=1S/C27H26F3N5O4/c1-32-22-15-21(31-24(22)25(37)33(2)26(32)38)17-3-9-20(10-4-17)39-16-23(36)35-13-11-34(12-14-35)19-7-5-18(6-8-19)27(28,29)30/h3-10,15,31H,11-14,16H2,1-2H3. The zero-order valence-corrected chi connectivity index (χ0v) is 21.3. The summed E-state index contributed by atoms with van der Waals surface area (Å²) in [5.41, 5.74) is 1.45. The van der Waals surface area contributed by atoms with Crippen molar-refractivity contribution in [1.82, 2.24) is 19.0 Å². The zero-order valence-electron chi connectivity index (χ0n) is 21.3. The van der Waals surface area contributed by atoms with Crippen LogP contribution in [0.15, 0.2) is 64.2 Å². The Bertz CT molecular complexity index is 1630. The third-order valence-corrected chi connectivity index (χ3v) is 6.97. The number of H-pyrrole nitrogens is 1. The first kappa shape index (κ1) is 26.1. The van der Waals surface area contributed by atoms with Crippen molar-refractivity contribution in [3.63, 3.8) is 0 Å². The smallest absolute Gasteiger partial charge is 0.416 e. The monoisotopic (exact) mass is 541 g/mol. The number of piperazine rings is 1. The Kier molecular flexibility index (Phi) is 6.71. The normalized spacial score (nSPS) is 14.2. The van der Waals surface area contributed by atoms with Crippen molar-refractivity contribution in [3.8, 4) is 17.0 Å². The Labute approximate surface area is 220 Å². The third-order valence-electron chi connectivity index (χ3n) is 6.97. The van der Waals surface area contributed by atoms with Crippen LogP contribution in [-0.2, 0) is 25.1 Å². The number of nitrogens with one attached hydrogen (secondary N) is 1. The lowest BCUT2D eigenvalue weighted by Gasteiger charge is -2.36. The molecule has 39 heavy (non-hydrogen) atoms. The number of carbonyl (C=O) groups is 1. The summed E-state index contributed by atoms with van der Waals surface area (Å²) in [4.78, 5) is 44.0. The summed E-state index contributed by atoms with van der Waals surface area (Å²) in [5, 5.41) is 0. The zero-order chi connectivity index (χ0) is 27.9. The fraction of sp³-hybridized carbons (Fsp3) is 0.296. The molecular weight excluding hydrogens is 515 g/mol. The Balaban J connectivity index is 1.17. The van der Waals surface area contributed by atoms with Crippen molar-refractivity contribution in [3.05, 3.63) is 81.0 Å². The summed E-state index contributed by atoms with van der Waals surface area (Å²) in [6.45, 7) is 1.73. The number of ether oxygens (including phenoxy) is 1. The molecule has 1 amide bonds. The van der Waals surface area contributed by atoms with Crippen LogP contribution >= 0.6 is 0 Å². The predicted molar refractivity (Wildman–Crippen MR) is 140 cm³/mol. The lowest BCUT2D eigenvalue weighted by molar-refractivity contribution is -0.137. The molecule has 1 aliphatic rings. The Hall–Kier alpha value is -4.48. The molecule has 12 heteroatoms. The van der Waals surface area contributed by atoms with Gasteiger partial charge >= 0.3 is 11.9 Å². The fourth-order valence-electron chi connectivity index (χ4n) is 4.65. The number of aryl methyl sites for hydroxylation is 1. The summed E-state index contributed by atoms with van der Waals surface area (Å²) in [7, 11) is 3.03. The number of carbonyl (C=O) groups excluding carboxylic acids is 1. The van der Waals surface area contributed by atoms with E-state index in [1.165, 1.54) is 23.7 Å². The van der Waals surface area contributed by atoms with Crippen LogP contribution in [0.1, 0.15) is 5.56 Å². The van der Waals surface area contributed by atoms with Crippen molar-refractivity contribution >= 4 is 22.6 Å². The molecule has 0 unspecified atom stereocenters. The Morgan fingerprint density at radius 2 is 1.56 bits per heavy atom. The number of benzene rings is 2. The molecule has 3 heterocycles. The SMILES string of the molecule is Cn1c(=O)c2[nH]c(-c3ccc(OCC(=O)N4CCN(c5ccc(C(F)(F)F)cc5)CC4)cc3)cc2n(C)c1=O. The third kappa shape index (κ3) is 5.14. The van der Waals surface area contributed by atoms with E-state index < -0.39 is 23.0 Å². The van der Waals surface area contributed by atoms with Crippen molar-refractivity contribution in [1.29, 1.82) is 0 Å². The molecule has 1 fully saturated rings. The lowest BCUT2D eigenvalue weighted by Crippen LogP contribution is -2.50. The summed E-state index contributed by atoms with van der Waals surface area (Å²) in [6.07, 6.45) is -4.37. The van der Waals surface area contributed by atoms with Gasteiger partial charge in [-0.05, 0) is 60.2 Å². The first-order chi connectivity index (χ1) is 18.5. The molecule has 1 N–H and O–H groups in total. The maximum absolute atomic E-state index is 12.8. The van der Waals surface area contributed by atoms with Gasteiger partial charge in [0.15, 0.2) is 6.61 Å². The van der Waals surface area contributed by atoms with Gasteiger partial charge in [0.05, 0.1) is 11.1 Å². The van der Waals surface area contributed by atoms with E-state index in [-0.39, 0.29) is 12.5 Å². The molecule has 1 saturated heterocycles. The van der Waals surface area contributed by atoms with Gasteiger partial charge in [0.1, 0.15) is 11.3 Å². The van der Waals surface area contributed by atoms with Crippen molar-refractivity contribution in [2.24, 2.45) is 14.1 Å². The fourth-order valence-corrected chi connectivity index (χ4v) is 4.65. The number of anilines is 1. The van der Waals surface area contributed by atoms with E-state index in [0.717, 1.165) is 22.3 Å². The molecule has 0 spiro atoms. The van der Waals surface area contributed by atoms with Gasteiger partial charge in [-0.3, -0.25) is 18.7 Å². The number of rotatable bonds is 5. The highest BCUT2D eigenvalue weighted by atomic mass is 19.4. The van der Waals surface area contributed by atoms with Gasteiger partial charge < -0.3 is 19.5 Å². The molecule has 204 valence electrons. The Morgan fingerprint density at radius 1 is 0.923 bits per heavy atom. The molecule has 1 aliphatic heterocycles. The van der Waals surface area contributed by atoms with Crippen LogP contribution in [0.4, 0.5) is 18.9 Å². The van der Waals surface area contributed by atoms with Gasteiger partial charge in [-0.15, -0.1) is 0 Å². The second-order valence-electron chi connectivity index (χ2n) is 9.37. The molecule has 0 aliphatic carbocycles. The molecule has 0 atom stereocenters. The van der Waals surface area contributed by atoms with Crippen LogP contribution < -0.4 is 20.9 Å². The number of aromatic nitrogens is 3. The lowest BCUT2D eigenvalue weighted by atomic mass is 10.1. The summed E-state index contributed by atoms with van der Waals surface area (Å²) in [6, 6.07) is 13.8. The van der Waals surface area contributed by atoms with Crippen LogP contribution in [0, 0.1) is 0 Å². The largest absolute Gasteiger partial charge is 0.484 e. The van der Waals surface area contributed by atoms with Crippen LogP contribution in [0.5, 0.6) is 5.75 Å². The topological polar surface area (TPSA) is 92.6 Å². The average molecular weight is 542 g/mol. The number of alkyl halides is 3. The number of fused-ring (bicyclic) bond motifs is 1. The van der Waals surface area contributed by atoms with Gasteiger partial charge in [-0.1, -0.05) is 0 Å². The summed E-state index contributed by atoms with van der Waals surface area (Å²) < 4.78 is 46.5. The second kappa shape index (κ2) is 10.0. The highest BCUT2D eigenvalue weighted by Crippen LogP contribution is 2.31. The van der Waals surface area contributed by atoms with Crippen molar-refractivity contribution in [2.75, 3.05) is 37.7 Å².